The van der Waals surface area contributed by atoms with Crippen molar-refractivity contribution >= 4 is 11.6 Å². The standard InChI is InChI=1S/C15H21ClFN/c1-10-3-4-11(2)15(18,8-10)9-12-5-6-13(16)14(17)7-12/h5-7,10-11H,3-4,8-9,18H2,1-2H3. The molecule has 1 aliphatic carbocycles. The molecule has 1 aromatic rings. The van der Waals surface area contributed by atoms with Crippen LogP contribution in [-0.4, -0.2) is 5.54 Å². The molecule has 1 fully saturated rings. The maximum absolute atomic E-state index is 13.5. The molecule has 1 aliphatic rings. The van der Waals surface area contributed by atoms with E-state index < -0.39 is 0 Å². The van der Waals surface area contributed by atoms with Crippen molar-refractivity contribution in [1.29, 1.82) is 0 Å². The van der Waals surface area contributed by atoms with E-state index in [1.165, 1.54) is 12.5 Å². The summed E-state index contributed by atoms with van der Waals surface area (Å²) in [6, 6.07) is 5.02. The summed E-state index contributed by atoms with van der Waals surface area (Å²) in [6.45, 7) is 4.45. The second-order valence-corrected chi connectivity index (χ2v) is 6.35. The van der Waals surface area contributed by atoms with Crippen LogP contribution in [0.2, 0.25) is 5.02 Å². The number of rotatable bonds is 2. The predicted octanol–water partition coefficient (Wildman–Crippen LogP) is 4.18. The van der Waals surface area contributed by atoms with E-state index in [1.54, 1.807) is 6.07 Å². The molecule has 0 radical (unpaired) electrons. The highest BCUT2D eigenvalue weighted by molar-refractivity contribution is 6.30. The van der Waals surface area contributed by atoms with Gasteiger partial charge in [-0.3, -0.25) is 0 Å². The Bertz CT molecular complexity index is 435. The first-order chi connectivity index (χ1) is 8.40. The molecule has 18 heavy (non-hydrogen) atoms. The number of benzene rings is 1. The first-order valence-corrected chi connectivity index (χ1v) is 7.01. The lowest BCUT2D eigenvalue weighted by Gasteiger charge is -2.42. The molecule has 2 rings (SSSR count). The monoisotopic (exact) mass is 269 g/mol. The molecule has 2 N–H and O–H groups in total. The van der Waals surface area contributed by atoms with Gasteiger partial charge in [-0.2, -0.15) is 0 Å². The third-order valence-electron chi connectivity index (χ3n) is 4.32. The van der Waals surface area contributed by atoms with Gasteiger partial charge in [0.25, 0.3) is 0 Å². The zero-order valence-electron chi connectivity index (χ0n) is 11.0. The highest BCUT2D eigenvalue weighted by Crippen LogP contribution is 2.37. The SMILES string of the molecule is CC1CCC(C)C(N)(Cc2ccc(Cl)c(F)c2)C1. The molecule has 3 atom stereocenters. The summed E-state index contributed by atoms with van der Waals surface area (Å²) >= 11 is 5.70. The van der Waals surface area contributed by atoms with Crippen LogP contribution in [0.25, 0.3) is 0 Å². The zero-order chi connectivity index (χ0) is 13.3. The van der Waals surface area contributed by atoms with Crippen molar-refractivity contribution in [2.45, 2.75) is 45.1 Å². The fraction of sp³-hybridized carbons (Fsp3) is 0.600. The Morgan fingerprint density at radius 1 is 1.39 bits per heavy atom. The van der Waals surface area contributed by atoms with Crippen molar-refractivity contribution in [3.63, 3.8) is 0 Å². The number of hydrogen-bond acceptors (Lipinski definition) is 1. The molecule has 0 spiro atoms. The molecule has 100 valence electrons. The quantitative estimate of drug-likeness (QED) is 0.857. The Morgan fingerprint density at radius 3 is 2.78 bits per heavy atom. The molecule has 0 saturated heterocycles. The number of halogens is 2. The maximum Gasteiger partial charge on any atom is 0.142 e. The van der Waals surface area contributed by atoms with Gasteiger partial charge < -0.3 is 5.73 Å². The predicted molar refractivity (Wildman–Crippen MR) is 74.2 cm³/mol. The van der Waals surface area contributed by atoms with Crippen LogP contribution in [0.15, 0.2) is 18.2 Å². The Kier molecular flexibility index (Phi) is 3.98. The smallest absolute Gasteiger partial charge is 0.142 e. The normalized spacial score (nSPS) is 32.5. The molecular weight excluding hydrogens is 249 g/mol. The third kappa shape index (κ3) is 2.86. The molecule has 0 amide bonds. The van der Waals surface area contributed by atoms with E-state index >= 15 is 0 Å². The molecule has 1 saturated carbocycles. The van der Waals surface area contributed by atoms with Gasteiger partial charge >= 0.3 is 0 Å². The van der Waals surface area contributed by atoms with Crippen molar-refractivity contribution in [3.8, 4) is 0 Å². The van der Waals surface area contributed by atoms with Gasteiger partial charge in [-0.05, 0) is 48.8 Å². The maximum atomic E-state index is 13.5. The summed E-state index contributed by atoms with van der Waals surface area (Å²) < 4.78 is 13.5. The molecule has 3 unspecified atom stereocenters. The van der Waals surface area contributed by atoms with E-state index in [4.69, 9.17) is 17.3 Å². The molecule has 0 aliphatic heterocycles. The van der Waals surface area contributed by atoms with Crippen LogP contribution in [0.3, 0.4) is 0 Å². The Labute approximate surface area is 114 Å². The van der Waals surface area contributed by atoms with Gasteiger partial charge in [0.15, 0.2) is 0 Å². The summed E-state index contributed by atoms with van der Waals surface area (Å²) in [6.07, 6.45) is 4.15. The first kappa shape index (κ1) is 13.8. The van der Waals surface area contributed by atoms with Crippen LogP contribution >= 0.6 is 11.6 Å². The van der Waals surface area contributed by atoms with Gasteiger partial charge in [0.2, 0.25) is 0 Å². The lowest BCUT2D eigenvalue weighted by atomic mass is 9.68. The first-order valence-electron chi connectivity index (χ1n) is 6.63. The Morgan fingerprint density at radius 2 is 2.11 bits per heavy atom. The lowest BCUT2D eigenvalue weighted by Crippen LogP contribution is -2.51. The summed E-state index contributed by atoms with van der Waals surface area (Å²) in [7, 11) is 0. The van der Waals surface area contributed by atoms with Gasteiger partial charge in [-0.25, -0.2) is 4.39 Å². The van der Waals surface area contributed by atoms with Crippen molar-refractivity contribution in [1.82, 2.24) is 0 Å². The van der Waals surface area contributed by atoms with E-state index in [9.17, 15) is 4.39 Å². The third-order valence-corrected chi connectivity index (χ3v) is 4.63. The minimum absolute atomic E-state index is 0.176. The fourth-order valence-electron chi connectivity index (χ4n) is 3.05. The van der Waals surface area contributed by atoms with Crippen LogP contribution in [-0.2, 0) is 6.42 Å². The van der Waals surface area contributed by atoms with Gasteiger partial charge in [0.05, 0.1) is 5.02 Å². The second kappa shape index (κ2) is 5.18. The summed E-state index contributed by atoms with van der Waals surface area (Å²) in [4.78, 5) is 0. The van der Waals surface area contributed by atoms with E-state index in [0.29, 0.717) is 11.8 Å². The van der Waals surface area contributed by atoms with Gasteiger partial charge in [0, 0.05) is 5.54 Å². The van der Waals surface area contributed by atoms with Crippen LogP contribution < -0.4 is 5.73 Å². The Hall–Kier alpha value is -0.600. The van der Waals surface area contributed by atoms with Crippen molar-refractivity contribution in [2.75, 3.05) is 0 Å². The van der Waals surface area contributed by atoms with Crippen LogP contribution in [0.1, 0.15) is 38.7 Å². The highest BCUT2D eigenvalue weighted by Gasteiger charge is 2.37. The molecule has 0 aromatic heterocycles. The second-order valence-electron chi connectivity index (χ2n) is 5.95. The number of hydrogen-bond donors (Lipinski definition) is 1. The topological polar surface area (TPSA) is 26.0 Å². The summed E-state index contributed by atoms with van der Waals surface area (Å²) in [5, 5.41) is 0.176. The molecule has 1 nitrogen and oxygen atoms in total. The lowest BCUT2D eigenvalue weighted by molar-refractivity contribution is 0.161. The summed E-state index contributed by atoms with van der Waals surface area (Å²) in [5.41, 5.74) is 7.29. The zero-order valence-corrected chi connectivity index (χ0v) is 11.8. The minimum atomic E-state index is -0.353. The average Bonchev–Trinajstić information content (AvgIpc) is 2.29. The van der Waals surface area contributed by atoms with Crippen molar-refractivity contribution < 1.29 is 4.39 Å². The molecular formula is C15H21ClFN. The summed E-state index contributed by atoms with van der Waals surface area (Å²) in [5.74, 6) is 0.782. The van der Waals surface area contributed by atoms with Crippen LogP contribution in [0, 0.1) is 17.7 Å². The largest absolute Gasteiger partial charge is 0.325 e. The average molecular weight is 270 g/mol. The van der Waals surface area contributed by atoms with Gasteiger partial charge in [-0.15, -0.1) is 0 Å². The van der Waals surface area contributed by atoms with Crippen LogP contribution in [0.4, 0.5) is 4.39 Å². The van der Waals surface area contributed by atoms with E-state index in [1.807, 2.05) is 6.07 Å². The fourth-order valence-corrected chi connectivity index (χ4v) is 3.17. The van der Waals surface area contributed by atoms with Gasteiger partial charge in [0.1, 0.15) is 5.82 Å². The van der Waals surface area contributed by atoms with Gasteiger partial charge in [-0.1, -0.05) is 37.9 Å². The van der Waals surface area contributed by atoms with E-state index in [-0.39, 0.29) is 16.4 Å². The highest BCUT2D eigenvalue weighted by atomic mass is 35.5. The van der Waals surface area contributed by atoms with Crippen LogP contribution in [0.5, 0.6) is 0 Å². The minimum Gasteiger partial charge on any atom is -0.325 e. The Balaban J connectivity index is 2.17. The van der Waals surface area contributed by atoms with Crippen molar-refractivity contribution in [2.24, 2.45) is 17.6 Å². The molecule has 0 bridgehead atoms. The van der Waals surface area contributed by atoms with E-state index in [2.05, 4.69) is 13.8 Å². The molecule has 0 heterocycles. The molecule has 3 heteroatoms. The molecule has 1 aromatic carbocycles. The number of nitrogens with two attached hydrogens (primary N) is 1. The van der Waals surface area contributed by atoms with E-state index in [0.717, 1.165) is 24.8 Å². The van der Waals surface area contributed by atoms with Crippen molar-refractivity contribution in [3.05, 3.63) is 34.6 Å².